The molecule has 0 aliphatic rings. The molecule has 0 fully saturated rings. The van der Waals surface area contributed by atoms with Gasteiger partial charge in [0.2, 0.25) is 0 Å². The number of carbonyl (C=O) groups is 2. The highest BCUT2D eigenvalue weighted by atomic mass is 31.1. The van der Waals surface area contributed by atoms with Crippen LogP contribution in [0.3, 0.4) is 0 Å². The Morgan fingerprint density at radius 1 is 0.560 bits per heavy atom. The maximum Gasteiger partial charge on any atom is 0.0670 e. The Morgan fingerprint density at radius 2 is 0.920 bits per heavy atom. The van der Waals surface area contributed by atoms with Crippen LogP contribution in [0.15, 0.2) is 91.0 Å². The van der Waals surface area contributed by atoms with Gasteiger partial charge in [-0.25, -0.2) is 0 Å². The molecule has 0 amide bonds. The quantitative estimate of drug-likeness (QED) is 0.363. The number of Topliss-reactive ketones (excluding diaryl/α,β-unsaturated/α-hetero) is 2. The molecule has 0 unspecified atom stereocenters. The number of benzene rings is 3. The van der Waals surface area contributed by atoms with Crippen molar-refractivity contribution in [1.29, 1.82) is 0 Å². The molecule has 0 N–H and O–H groups in total. The Kier molecular flexibility index (Phi) is 5.66. The van der Waals surface area contributed by atoms with Crippen LogP contribution in [0.2, 0.25) is 0 Å². The predicted molar refractivity (Wildman–Crippen MR) is 102 cm³/mol. The normalized spacial score (nSPS) is 10.3. The van der Waals surface area contributed by atoms with Gasteiger partial charge in [-0.15, -0.1) is 35.4 Å². The summed E-state index contributed by atoms with van der Waals surface area (Å²) in [4.78, 5) is 25.0. The lowest BCUT2D eigenvalue weighted by Gasteiger charge is -2.21. The average molecular weight is 343 g/mol. The smallest absolute Gasteiger partial charge is 0.0670 e. The maximum atomic E-state index is 12.5. The van der Waals surface area contributed by atoms with Crippen LogP contribution >= 0.6 is 7.92 Å². The van der Waals surface area contributed by atoms with Crippen molar-refractivity contribution in [2.45, 2.75) is 0 Å². The summed E-state index contributed by atoms with van der Waals surface area (Å²) in [6, 6.07) is 27.5. The largest absolute Gasteiger partial charge is 0.329 e. The molecule has 0 saturated heterocycles. The molecule has 2 nitrogen and oxygen atoms in total. The number of hydrogen-bond acceptors (Lipinski definition) is 2. The molecular formula is C22H16O2P-. The summed E-state index contributed by atoms with van der Waals surface area (Å²) >= 11 is 0. The van der Waals surface area contributed by atoms with E-state index < -0.39 is 7.92 Å². The van der Waals surface area contributed by atoms with Crippen molar-refractivity contribution in [3.05, 3.63) is 114 Å². The fourth-order valence-corrected chi connectivity index (χ4v) is 3.95. The lowest BCUT2D eigenvalue weighted by molar-refractivity contribution is 0.103. The summed E-state index contributed by atoms with van der Waals surface area (Å²) in [5.41, 5.74) is 1.13. The third kappa shape index (κ3) is 4.59. The standard InChI is InChI=1S/C22H16O2P/c23-21(18-10-4-1-5-11-18)16-25(20-14-8-3-9-15-20)17-22(24)19-12-6-2-7-13-19/h1-15,25H/q-1. The summed E-state index contributed by atoms with van der Waals surface area (Å²) in [5, 5.41) is 0.904. The van der Waals surface area contributed by atoms with E-state index in [1.165, 1.54) is 0 Å². The van der Waals surface area contributed by atoms with Crippen LogP contribution in [0, 0.1) is 12.3 Å². The van der Waals surface area contributed by atoms with Gasteiger partial charge in [0.1, 0.15) is 0 Å². The van der Waals surface area contributed by atoms with Crippen LogP contribution < -0.4 is 5.30 Å². The van der Waals surface area contributed by atoms with Gasteiger partial charge in [-0.2, -0.15) is 0 Å². The van der Waals surface area contributed by atoms with Crippen LogP contribution in [-0.4, -0.2) is 11.6 Å². The monoisotopic (exact) mass is 343 g/mol. The van der Waals surface area contributed by atoms with Crippen LogP contribution in [0.4, 0.5) is 0 Å². The molecule has 0 atom stereocenters. The first-order valence-electron chi connectivity index (χ1n) is 7.89. The van der Waals surface area contributed by atoms with E-state index in [4.69, 9.17) is 0 Å². The molecule has 3 aromatic rings. The lowest BCUT2D eigenvalue weighted by atomic mass is 10.1. The van der Waals surface area contributed by atoms with Crippen LogP contribution in [0.5, 0.6) is 0 Å². The van der Waals surface area contributed by atoms with Gasteiger partial charge in [-0.1, -0.05) is 62.5 Å². The molecule has 122 valence electrons. The van der Waals surface area contributed by atoms with E-state index >= 15 is 0 Å². The molecule has 0 bridgehead atoms. The zero-order valence-electron chi connectivity index (χ0n) is 13.5. The fraction of sp³-hybridized carbons (Fsp3) is 0. The molecule has 3 rings (SSSR count). The molecule has 0 aliphatic heterocycles. The SMILES string of the molecule is O=C([C-][PH+]([C-]C(=O)c1ccccc1)c1ccccc1)c1ccccc1. The van der Waals surface area contributed by atoms with Crippen molar-refractivity contribution < 1.29 is 9.59 Å². The molecule has 0 saturated carbocycles. The highest BCUT2D eigenvalue weighted by molar-refractivity contribution is 7.71. The van der Waals surface area contributed by atoms with E-state index in [9.17, 15) is 9.59 Å². The zero-order chi connectivity index (χ0) is 17.5. The first-order chi connectivity index (χ1) is 12.2. The topological polar surface area (TPSA) is 34.1 Å². The first-order valence-corrected chi connectivity index (χ1v) is 9.39. The summed E-state index contributed by atoms with van der Waals surface area (Å²) in [7, 11) is -1.81. The minimum absolute atomic E-state index is 0.202. The van der Waals surface area contributed by atoms with Gasteiger partial charge in [0.15, 0.2) is 0 Å². The molecule has 0 heterocycles. The molecular weight excluding hydrogens is 327 g/mol. The molecule has 3 heteroatoms. The Balaban J connectivity index is 1.81. The highest BCUT2D eigenvalue weighted by Crippen LogP contribution is 2.43. The Morgan fingerprint density at radius 3 is 1.32 bits per heavy atom. The second kappa shape index (κ2) is 8.32. The fourth-order valence-electron chi connectivity index (χ4n) is 2.33. The molecule has 0 aliphatic carbocycles. The summed E-state index contributed by atoms with van der Waals surface area (Å²) in [6.45, 7) is 0. The van der Waals surface area contributed by atoms with Crippen molar-refractivity contribution >= 4 is 24.8 Å². The summed E-state index contributed by atoms with van der Waals surface area (Å²) < 4.78 is 0. The number of rotatable bonds is 7. The highest BCUT2D eigenvalue weighted by Gasteiger charge is 2.15. The van der Waals surface area contributed by atoms with E-state index in [1.54, 1.807) is 24.3 Å². The van der Waals surface area contributed by atoms with Crippen molar-refractivity contribution in [3.8, 4) is 0 Å². The Bertz CT molecular complexity index is 776. The van der Waals surface area contributed by atoms with Crippen molar-refractivity contribution in [3.63, 3.8) is 0 Å². The molecule has 0 aromatic heterocycles. The van der Waals surface area contributed by atoms with Crippen molar-refractivity contribution in [2.75, 3.05) is 0 Å². The van der Waals surface area contributed by atoms with E-state index in [0.29, 0.717) is 11.1 Å². The predicted octanol–water partition coefficient (Wildman–Crippen LogP) is 4.37. The molecule has 3 aromatic carbocycles. The number of hydrogen-bond donors (Lipinski definition) is 0. The minimum atomic E-state index is -1.81. The third-order valence-corrected chi connectivity index (χ3v) is 5.48. The van der Waals surface area contributed by atoms with E-state index in [1.807, 2.05) is 66.7 Å². The van der Waals surface area contributed by atoms with Crippen LogP contribution in [-0.2, 0) is 0 Å². The second-order valence-corrected chi connectivity index (χ2v) is 7.21. The lowest BCUT2D eigenvalue weighted by Crippen LogP contribution is -2.10. The van der Waals surface area contributed by atoms with Crippen LogP contribution in [0.1, 0.15) is 20.7 Å². The van der Waals surface area contributed by atoms with Gasteiger partial charge in [0.05, 0.1) is 16.9 Å². The Hall–Kier alpha value is -2.83. The summed E-state index contributed by atoms with van der Waals surface area (Å²) in [6.07, 6.45) is 5.96. The molecule has 2 radical (unpaired) electrons. The van der Waals surface area contributed by atoms with E-state index in [-0.39, 0.29) is 11.6 Å². The van der Waals surface area contributed by atoms with Gasteiger partial charge in [0, 0.05) is 0 Å². The first kappa shape index (κ1) is 17.0. The van der Waals surface area contributed by atoms with Gasteiger partial charge in [-0.3, -0.25) is 0 Å². The van der Waals surface area contributed by atoms with Crippen molar-refractivity contribution in [1.82, 2.24) is 0 Å². The molecule has 25 heavy (non-hydrogen) atoms. The third-order valence-electron chi connectivity index (χ3n) is 3.61. The van der Waals surface area contributed by atoms with Gasteiger partial charge < -0.3 is 9.59 Å². The van der Waals surface area contributed by atoms with E-state index in [0.717, 1.165) is 5.30 Å². The van der Waals surface area contributed by atoms with E-state index in [2.05, 4.69) is 12.3 Å². The average Bonchev–Trinajstić information content (AvgIpc) is 2.69. The zero-order valence-corrected chi connectivity index (χ0v) is 14.5. The Labute approximate surface area is 149 Å². The molecule has 0 spiro atoms. The summed E-state index contributed by atoms with van der Waals surface area (Å²) in [5.74, 6) is -0.404. The van der Waals surface area contributed by atoms with Gasteiger partial charge >= 0.3 is 0 Å². The van der Waals surface area contributed by atoms with Gasteiger partial charge in [0.25, 0.3) is 0 Å². The van der Waals surface area contributed by atoms with Gasteiger partial charge in [-0.05, 0) is 24.5 Å². The van der Waals surface area contributed by atoms with Crippen molar-refractivity contribution in [2.24, 2.45) is 0 Å². The number of ketones is 2. The maximum absolute atomic E-state index is 12.5. The number of carbonyl (C=O) groups excluding carboxylic acids is 2. The second-order valence-electron chi connectivity index (χ2n) is 5.38. The minimum Gasteiger partial charge on any atom is -0.329 e. The van der Waals surface area contributed by atoms with Crippen LogP contribution in [0.25, 0.3) is 0 Å².